The van der Waals surface area contributed by atoms with Gasteiger partial charge >= 0.3 is 0 Å². The monoisotopic (exact) mass is 458 g/mol. The van der Waals surface area contributed by atoms with Crippen molar-refractivity contribution in [1.82, 2.24) is 9.97 Å². The smallest absolute Gasteiger partial charge is 0.157 e. The molecule has 6 nitrogen and oxygen atoms in total. The molecule has 3 aromatic heterocycles. The van der Waals surface area contributed by atoms with E-state index in [1.807, 2.05) is 54.7 Å². The van der Waals surface area contributed by atoms with E-state index in [4.69, 9.17) is 0 Å². The van der Waals surface area contributed by atoms with Gasteiger partial charge in [0.1, 0.15) is 10.9 Å². The first-order valence-electron chi connectivity index (χ1n) is 9.86. The molecule has 0 amide bonds. The van der Waals surface area contributed by atoms with Gasteiger partial charge in [-0.05, 0) is 53.9 Å². The van der Waals surface area contributed by atoms with Crippen molar-refractivity contribution in [2.24, 2.45) is 0 Å². The highest BCUT2D eigenvalue weighted by Crippen LogP contribution is 2.39. The molecule has 5 rings (SSSR count). The molecule has 0 saturated carbocycles. The van der Waals surface area contributed by atoms with E-state index in [0.717, 1.165) is 54.1 Å². The second-order valence-electron chi connectivity index (χ2n) is 7.46. The lowest BCUT2D eigenvalue weighted by Gasteiger charge is -2.12. The van der Waals surface area contributed by atoms with Gasteiger partial charge in [0.2, 0.25) is 0 Å². The van der Waals surface area contributed by atoms with Gasteiger partial charge in [-0.15, -0.1) is 11.3 Å². The zero-order valence-corrected chi connectivity index (χ0v) is 18.7. The number of H-pyrrole nitrogens is 1. The Kier molecular flexibility index (Phi) is 5.23. The normalized spacial score (nSPS) is 12.2. The molecule has 5 aromatic rings. The van der Waals surface area contributed by atoms with E-state index in [1.54, 1.807) is 6.20 Å². The number of pyridine rings is 1. The van der Waals surface area contributed by atoms with Crippen LogP contribution in [-0.4, -0.2) is 18.7 Å². The van der Waals surface area contributed by atoms with Gasteiger partial charge in [-0.2, -0.15) is 5.26 Å². The predicted molar refractivity (Wildman–Crippen MR) is 131 cm³/mol. The van der Waals surface area contributed by atoms with Crippen LogP contribution in [0.4, 0.5) is 11.4 Å². The number of nitriles is 1. The second kappa shape index (κ2) is 8.20. The first-order valence-corrected chi connectivity index (χ1v) is 12.0. The molecular weight excluding hydrogens is 440 g/mol. The summed E-state index contributed by atoms with van der Waals surface area (Å²) >= 11 is -0.367. The van der Waals surface area contributed by atoms with E-state index in [2.05, 4.69) is 28.3 Å². The van der Waals surface area contributed by atoms with Gasteiger partial charge in [-0.3, -0.25) is 0 Å². The highest BCUT2D eigenvalue weighted by atomic mass is 32.2. The number of rotatable bonds is 5. The fraction of sp³-hybridized carbons (Fsp3) is 0.0833. The lowest BCUT2D eigenvalue weighted by atomic mass is 10.1. The fourth-order valence-electron chi connectivity index (χ4n) is 3.86. The lowest BCUT2D eigenvalue weighted by Crippen LogP contribution is -1.97. The Bertz CT molecular complexity index is 1550. The molecule has 0 aliphatic rings. The Morgan fingerprint density at radius 3 is 2.91 bits per heavy atom. The molecule has 0 aliphatic heterocycles. The number of aromatic amines is 1. The number of aromatic nitrogens is 2. The van der Waals surface area contributed by atoms with Crippen LogP contribution in [0.1, 0.15) is 16.7 Å². The zero-order chi connectivity index (χ0) is 22.2. The summed E-state index contributed by atoms with van der Waals surface area (Å²) in [5.74, 6) is 0.0866. The summed E-state index contributed by atoms with van der Waals surface area (Å²) in [6, 6.07) is 17.9. The van der Waals surface area contributed by atoms with Crippen LogP contribution < -0.4 is 5.32 Å². The van der Waals surface area contributed by atoms with Crippen molar-refractivity contribution in [2.45, 2.75) is 12.7 Å². The van der Waals surface area contributed by atoms with Gasteiger partial charge in [0.05, 0.1) is 17.0 Å². The number of hydrogen-bond donors (Lipinski definition) is 3. The maximum Gasteiger partial charge on any atom is 0.157 e. The highest BCUT2D eigenvalue weighted by molar-refractivity contribution is 7.78. The number of anilines is 2. The van der Waals surface area contributed by atoms with Crippen LogP contribution in [-0.2, 0) is 16.8 Å². The van der Waals surface area contributed by atoms with Gasteiger partial charge in [0, 0.05) is 39.2 Å². The summed E-state index contributed by atoms with van der Waals surface area (Å²) in [6.07, 6.45) is 3.51. The molecule has 3 heterocycles. The summed E-state index contributed by atoms with van der Waals surface area (Å²) in [6.45, 7) is 2.05. The lowest BCUT2D eigenvalue weighted by molar-refractivity contribution is 0.563. The summed E-state index contributed by atoms with van der Waals surface area (Å²) in [5.41, 5.74) is 6.03. The van der Waals surface area contributed by atoms with Gasteiger partial charge in [-0.1, -0.05) is 18.2 Å². The van der Waals surface area contributed by atoms with E-state index >= 15 is 0 Å². The number of benzene rings is 2. The SMILES string of the molecule is Cc1c(Nc2c(C#N)cnc3sc(-c4cccc(CS(=O)O)c4)cc23)ccc2[nH]ccc12. The maximum absolute atomic E-state index is 11.2. The molecule has 32 heavy (non-hydrogen) atoms. The third kappa shape index (κ3) is 3.67. The number of fused-ring (bicyclic) bond motifs is 2. The van der Waals surface area contributed by atoms with Crippen molar-refractivity contribution < 1.29 is 8.76 Å². The van der Waals surface area contributed by atoms with Crippen molar-refractivity contribution in [3.8, 4) is 16.5 Å². The van der Waals surface area contributed by atoms with E-state index in [9.17, 15) is 14.0 Å². The highest BCUT2D eigenvalue weighted by Gasteiger charge is 2.15. The molecule has 1 atom stereocenters. The second-order valence-corrected chi connectivity index (χ2v) is 9.42. The Morgan fingerprint density at radius 1 is 1.22 bits per heavy atom. The molecule has 8 heteroatoms. The number of nitrogens with one attached hydrogen (secondary N) is 2. The van der Waals surface area contributed by atoms with Crippen LogP contribution >= 0.6 is 11.3 Å². The largest absolute Gasteiger partial charge is 0.361 e. The Labute approximate surface area is 190 Å². The van der Waals surface area contributed by atoms with E-state index in [0.29, 0.717) is 5.56 Å². The molecule has 0 aliphatic carbocycles. The van der Waals surface area contributed by atoms with Crippen LogP contribution in [0.3, 0.4) is 0 Å². The van der Waals surface area contributed by atoms with E-state index in [1.165, 1.54) is 11.3 Å². The van der Waals surface area contributed by atoms with Crippen molar-refractivity contribution in [1.29, 1.82) is 5.26 Å². The van der Waals surface area contributed by atoms with Crippen molar-refractivity contribution in [3.63, 3.8) is 0 Å². The molecule has 0 spiro atoms. The minimum atomic E-state index is -1.89. The van der Waals surface area contributed by atoms with Crippen LogP contribution in [0.2, 0.25) is 0 Å². The minimum absolute atomic E-state index is 0.0866. The Morgan fingerprint density at radius 2 is 2.09 bits per heavy atom. The number of nitrogens with zero attached hydrogens (tertiary/aromatic N) is 2. The first kappa shape index (κ1) is 20.4. The van der Waals surface area contributed by atoms with Crippen molar-refractivity contribution in [3.05, 3.63) is 77.6 Å². The van der Waals surface area contributed by atoms with Gasteiger partial charge in [0.15, 0.2) is 11.1 Å². The molecule has 158 valence electrons. The number of aryl methyl sites for hydroxylation is 1. The maximum atomic E-state index is 11.2. The molecule has 0 fully saturated rings. The van der Waals surface area contributed by atoms with Crippen LogP contribution in [0, 0.1) is 18.3 Å². The summed E-state index contributed by atoms with van der Waals surface area (Å²) in [7, 11) is 0. The molecule has 0 bridgehead atoms. The van der Waals surface area contributed by atoms with Crippen molar-refractivity contribution >= 4 is 54.9 Å². The third-order valence-corrected chi connectivity index (χ3v) is 7.12. The minimum Gasteiger partial charge on any atom is -0.361 e. The van der Waals surface area contributed by atoms with E-state index in [-0.39, 0.29) is 5.75 Å². The molecular formula is C24H18N4O2S2. The van der Waals surface area contributed by atoms with Gasteiger partial charge in [0.25, 0.3) is 0 Å². The van der Waals surface area contributed by atoms with E-state index < -0.39 is 11.1 Å². The standard InChI is InChI=1S/C24H18N4O2S2/c1-14-18-7-8-26-21(18)6-5-20(14)28-23-17(11-25)12-27-24-19(23)10-22(31-24)16-4-2-3-15(9-16)13-32(29)30/h2-10,12,26H,13H2,1H3,(H,27,28)(H,29,30). The average Bonchev–Trinajstić information content (AvgIpc) is 3.43. The van der Waals surface area contributed by atoms with Crippen LogP contribution in [0.15, 0.2) is 60.9 Å². The quantitative estimate of drug-likeness (QED) is 0.277. The van der Waals surface area contributed by atoms with Crippen LogP contribution in [0.5, 0.6) is 0 Å². The number of thiophene rings is 1. The number of hydrogen-bond acceptors (Lipinski definition) is 5. The molecule has 0 radical (unpaired) electrons. The van der Waals surface area contributed by atoms with Gasteiger partial charge in [-0.25, -0.2) is 9.19 Å². The fourth-order valence-corrected chi connectivity index (χ4v) is 5.33. The molecule has 0 saturated heterocycles. The zero-order valence-electron chi connectivity index (χ0n) is 17.0. The Balaban J connectivity index is 1.61. The molecule has 2 aromatic carbocycles. The summed E-state index contributed by atoms with van der Waals surface area (Å²) in [4.78, 5) is 9.51. The average molecular weight is 459 g/mol. The third-order valence-electron chi connectivity index (χ3n) is 5.45. The predicted octanol–water partition coefficient (Wildman–Crippen LogP) is 6.09. The van der Waals surface area contributed by atoms with Crippen molar-refractivity contribution in [2.75, 3.05) is 5.32 Å². The van der Waals surface area contributed by atoms with Crippen LogP contribution in [0.25, 0.3) is 31.6 Å². The molecule has 1 unspecified atom stereocenters. The summed E-state index contributed by atoms with van der Waals surface area (Å²) in [5, 5.41) is 15.2. The first-order chi connectivity index (χ1) is 15.5. The molecule has 3 N–H and O–H groups in total. The summed E-state index contributed by atoms with van der Waals surface area (Å²) < 4.78 is 20.4. The topological polar surface area (TPSA) is 102 Å². The van der Waals surface area contributed by atoms with Gasteiger partial charge < -0.3 is 14.9 Å². The Hall–Kier alpha value is -3.51.